The van der Waals surface area contributed by atoms with E-state index >= 15 is 0 Å². The van der Waals surface area contributed by atoms with Crippen molar-refractivity contribution in [2.45, 2.75) is 45.3 Å². The zero-order chi connectivity index (χ0) is 17.9. The van der Waals surface area contributed by atoms with Gasteiger partial charge in [-0.3, -0.25) is 0 Å². The molecule has 0 radical (unpaired) electrons. The van der Waals surface area contributed by atoms with Crippen LogP contribution in [0.5, 0.6) is 0 Å². The number of anilines is 1. The normalized spacial score (nSPS) is 22.2. The van der Waals surface area contributed by atoms with Crippen LogP contribution in [0.25, 0.3) is 0 Å². The van der Waals surface area contributed by atoms with Crippen LogP contribution in [0, 0.1) is 6.92 Å². The monoisotopic (exact) mass is 357 g/mol. The number of rotatable bonds is 6. The molecule has 1 saturated heterocycles. The summed E-state index contributed by atoms with van der Waals surface area (Å²) >= 11 is 0. The van der Waals surface area contributed by atoms with Gasteiger partial charge in [-0.2, -0.15) is 17.4 Å². The van der Waals surface area contributed by atoms with Gasteiger partial charge < -0.3 is 10.0 Å². The van der Waals surface area contributed by atoms with E-state index in [2.05, 4.69) is 21.6 Å². The highest BCUT2D eigenvalue weighted by molar-refractivity contribution is 7.87. The minimum atomic E-state index is -3.56. The zero-order valence-corrected chi connectivity index (χ0v) is 15.5. The van der Waals surface area contributed by atoms with E-state index in [-0.39, 0.29) is 0 Å². The predicted molar refractivity (Wildman–Crippen MR) is 93.1 cm³/mol. The molecule has 2 heterocycles. The number of nitrogens with zero attached hydrogens (tertiary/aromatic N) is 4. The van der Waals surface area contributed by atoms with Crippen LogP contribution >= 0.6 is 0 Å². The van der Waals surface area contributed by atoms with Crippen LogP contribution in [0.15, 0.2) is 6.20 Å². The molecule has 8 nitrogen and oxygen atoms in total. The number of β-amino-alcohol motifs (C(OH)–C–C–N with tert-alkyl or cyclic N) is 1. The standard InChI is InChI=1S/C15H27N5O3S/c1-5-6-12-9-16-11(2)17-15(12)20-8-7-13(14(21)10-20)18-24(22,23)19(3)4/h9,13-14,18,21H,5-8,10H2,1-4H3/t13-,14-/m1/s1. The maximum Gasteiger partial charge on any atom is 0.279 e. The molecule has 0 amide bonds. The fourth-order valence-electron chi connectivity index (χ4n) is 2.76. The minimum absolute atomic E-state index is 0.341. The molecule has 2 N–H and O–H groups in total. The molecule has 136 valence electrons. The molecule has 0 bridgehead atoms. The van der Waals surface area contributed by atoms with E-state index in [1.807, 2.05) is 18.0 Å². The maximum atomic E-state index is 11.9. The maximum absolute atomic E-state index is 11.9. The highest BCUT2D eigenvalue weighted by atomic mass is 32.2. The second kappa shape index (κ2) is 7.73. The summed E-state index contributed by atoms with van der Waals surface area (Å²) in [5.74, 6) is 1.53. The number of hydrogen-bond donors (Lipinski definition) is 2. The van der Waals surface area contributed by atoms with Crippen LogP contribution in [0.4, 0.5) is 5.82 Å². The molecule has 9 heteroatoms. The van der Waals surface area contributed by atoms with E-state index in [1.54, 1.807) is 0 Å². The van der Waals surface area contributed by atoms with Crippen LogP contribution in [0.3, 0.4) is 0 Å². The van der Waals surface area contributed by atoms with Gasteiger partial charge in [0.25, 0.3) is 10.2 Å². The number of aliphatic hydroxyl groups is 1. The summed E-state index contributed by atoms with van der Waals surface area (Å²) in [4.78, 5) is 10.8. The third kappa shape index (κ3) is 4.41. The van der Waals surface area contributed by atoms with Gasteiger partial charge in [0, 0.05) is 38.9 Å². The summed E-state index contributed by atoms with van der Waals surface area (Å²) < 4.78 is 27.6. The molecule has 1 aromatic rings. The van der Waals surface area contributed by atoms with Gasteiger partial charge in [-0.1, -0.05) is 13.3 Å². The Morgan fingerprint density at radius 1 is 1.46 bits per heavy atom. The smallest absolute Gasteiger partial charge is 0.279 e. The van der Waals surface area contributed by atoms with Crippen molar-refractivity contribution in [2.75, 3.05) is 32.1 Å². The number of aliphatic hydroxyl groups excluding tert-OH is 1. The van der Waals surface area contributed by atoms with Gasteiger partial charge >= 0.3 is 0 Å². The summed E-state index contributed by atoms with van der Waals surface area (Å²) in [6.07, 6.45) is 3.43. The predicted octanol–water partition coefficient (Wildman–Crippen LogP) is 0.0731. The highest BCUT2D eigenvalue weighted by Crippen LogP contribution is 2.23. The average molecular weight is 357 g/mol. The molecular formula is C15H27N5O3S. The SMILES string of the molecule is CCCc1cnc(C)nc1N1CC[C@@H](NS(=O)(=O)N(C)C)[C@H](O)C1. The van der Waals surface area contributed by atoms with Crippen LogP contribution in [0.2, 0.25) is 0 Å². The van der Waals surface area contributed by atoms with Crippen LogP contribution in [0.1, 0.15) is 31.2 Å². The van der Waals surface area contributed by atoms with Gasteiger partial charge in [-0.05, 0) is 19.8 Å². The van der Waals surface area contributed by atoms with Crippen molar-refractivity contribution in [3.8, 4) is 0 Å². The van der Waals surface area contributed by atoms with Crippen LogP contribution in [-0.4, -0.2) is 67.1 Å². The Balaban J connectivity index is 2.12. The molecular weight excluding hydrogens is 330 g/mol. The summed E-state index contributed by atoms with van der Waals surface area (Å²) in [5, 5.41) is 10.4. The molecule has 0 unspecified atom stereocenters. The van der Waals surface area contributed by atoms with Gasteiger partial charge in [0.1, 0.15) is 11.6 Å². The Hall–Kier alpha value is -1.29. The van der Waals surface area contributed by atoms with Gasteiger partial charge in [-0.15, -0.1) is 0 Å². The Bertz CT molecular complexity index is 665. The summed E-state index contributed by atoms with van der Waals surface area (Å²) in [5.41, 5.74) is 1.06. The first-order chi connectivity index (χ1) is 11.2. The lowest BCUT2D eigenvalue weighted by Crippen LogP contribution is -2.56. The zero-order valence-electron chi connectivity index (χ0n) is 14.7. The first kappa shape index (κ1) is 19.0. The van der Waals surface area contributed by atoms with Gasteiger partial charge in [0.2, 0.25) is 0 Å². The number of aromatic nitrogens is 2. The second-order valence-corrected chi connectivity index (χ2v) is 8.25. The number of nitrogens with one attached hydrogen (secondary N) is 1. The summed E-state index contributed by atoms with van der Waals surface area (Å²) in [7, 11) is -0.631. The third-order valence-corrected chi connectivity index (χ3v) is 5.71. The van der Waals surface area contributed by atoms with Crippen LogP contribution in [-0.2, 0) is 16.6 Å². The van der Waals surface area contributed by atoms with Crippen molar-refractivity contribution in [1.29, 1.82) is 0 Å². The van der Waals surface area contributed by atoms with Gasteiger partial charge in [-0.25, -0.2) is 9.97 Å². The van der Waals surface area contributed by atoms with Crippen molar-refractivity contribution in [3.63, 3.8) is 0 Å². The van der Waals surface area contributed by atoms with E-state index in [0.29, 0.717) is 25.3 Å². The van der Waals surface area contributed by atoms with Crippen molar-refractivity contribution < 1.29 is 13.5 Å². The lowest BCUT2D eigenvalue weighted by molar-refractivity contribution is 0.123. The summed E-state index contributed by atoms with van der Waals surface area (Å²) in [6, 6.07) is -0.494. The molecule has 2 rings (SSSR count). The molecule has 1 aromatic heterocycles. The molecule has 2 atom stereocenters. The Morgan fingerprint density at radius 3 is 2.75 bits per heavy atom. The van der Waals surface area contributed by atoms with E-state index in [0.717, 1.165) is 28.5 Å². The van der Waals surface area contributed by atoms with Crippen molar-refractivity contribution in [3.05, 3.63) is 17.6 Å². The first-order valence-electron chi connectivity index (χ1n) is 8.20. The molecule has 0 saturated carbocycles. The first-order valence-corrected chi connectivity index (χ1v) is 9.64. The molecule has 1 fully saturated rings. The quantitative estimate of drug-likeness (QED) is 0.748. The summed E-state index contributed by atoms with van der Waals surface area (Å²) in [6.45, 7) is 4.91. The number of aryl methyl sites for hydroxylation is 2. The molecule has 0 aromatic carbocycles. The molecule has 0 spiro atoms. The fourth-order valence-corrected chi connectivity index (χ4v) is 3.63. The fraction of sp³-hybridized carbons (Fsp3) is 0.733. The van der Waals surface area contributed by atoms with Crippen LogP contribution < -0.4 is 9.62 Å². The second-order valence-electron chi connectivity index (χ2n) is 6.33. The van der Waals surface area contributed by atoms with E-state index < -0.39 is 22.4 Å². The minimum Gasteiger partial charge on any atom is -0.390 e. The Labute approximate surface area is 144 Å². The lowest BCUT2D eigenvalue weighted by atomic mass is 10.0. The third-order valence-electron chi connectivity index (χ3n) is 4.14. The average Bonchev–Trinajstić information content (AvgIpc) is 2.51. The van der Waals surface area contributed by atoms with Gasteiger partial charge in [0.15, 0.2) is 0 Å². The van der Waals surface area contributed by atoms with Crippen molar-refractivity contribution in [2.24, 2.45) is 0 Å². The molecule has 24 heavy (non-hydrogen) atoms. The molecule has 1 aliphatic rings. The van der Waals surface area contributed by atoms with E-state index in [9.17, 15) is 13.5 Å². The number of piperidine rings is 1. The lowest BCUT2D eigenvalue weighted by Gasteiger charge is -2.37. The van der Waals surface area contributed by atoms with Crippen molar-refractivity contribution in [1.82, 2.24) is 19.0 Å². The van der Waals surface area contributed by atoms with E-state index in [1.165, 1.54) is 14.1 Å². The Kier molecular flexibility index (Phi) is 6.13. The highest BCUT2D eigenvalue weighted by Gasteiger charge is 2.32. The number of hydrogen-bond acceptors (Lipinski definition) is 6. The Morgan fingerprint density at radius 2 is 2.17 bits per heavy atom. The van der Waals surface area contributed by atoms with Crippen molar-refractivity contribution >= 4 is 16.0 Å². The topological polar surface area (TPSA) is 98.7 Å². The molecule has 0 aliphatic carbocycles. The largest absolute Gasteiger partial charge is 0.390 e. The van der Waals surface area contributed by atoms with E-state index in [4.69, 9.17) is 0 Å². The molecule has 1 aliphatic heterocycles. The van der Waals surface area contributed by atoms with Gasteiger partial charge in [0.05, 0.1) is 12.1 Å².